The zero-order valence-corrected chi connectivity index (χ0v) is 16.7. The zero-order valence-electron chi connectivity index (χ0n) is 15.9. The maximum absolute atomic E-state index is 12.8. The summed E-state index contributed by atoms with van der Waals surface area (Å²) in [6.07, 6.45) is 5.27. The number of hydrogen-bond donors (Lipinski definition) is 2. The minimum atomic E-state index is -0.244. The van der Waals surface area contributed by atoms with Crippen molar-refractivity contribution in [2.45, 2.75) is 38.1 Å². The van der Waals surface area contributed by atoms with E-state index in [-0.39, 0.29) is 18.0 Å². The molecule has 0 unspecified atom stereocenters. The number of ether oxygens (including phenoxy) is 1. The van der Waals surface area contributed by atoms with Crippen molar-refractivity contribution in [3.63, 3.8) is 0 Å². The summed E-state index contributed by atoms with van der Waals surface area (Å²) in [6, 6.07) is 7.17. The van der Waals surface area contributed by atoms with Crippen LogP contribution in [0.25, 0.3) is 0 Å². The molecule has 0 fully saturated rings. The first-order valence-electron chi connectivity index (χ1n) is 9.49. The third kappa shape index (κ3) is 4.84. The summed E-state index contributed by atoms with van der Waals surface area (Å²) in [5.74, 6) is -0.196. The van der Waals surface area contributed by atoms with Crippen LogP contribution in [0.15, 0.2) is 30.6 Å². The number of esters is 1. The van der Waals surface area contributed by atoms with Gasteiger partial charge in [0.25, 0.3) is 0 Å². The third-order valence-electron chi connectivity index (χ3n) is 4.93. The molecule has 0 saturated heterocycles. The van der Waals surface area contributed by atoms with E-state index in [1.807, 2.05) is 29.2 Å². The molecule has 2 amide bonds. The molecular weight excluding hydrogens is 380 g/mol. The first-order valence-corrected chi connectivity index (χ1v) is 9.87. The number of methoxy groups -OCH3 is 1. The Morgan fingerprint density at radius 1 is 1.29 bits per heavy atom. The number of carbonyl (C=O) groups is 2. The van der Waals surface area contributed by atoms with Gasteiger partial charge < -0.3 is 19.9 Å². The molecule has 0 spiro atoms. The number of carbonyl (C=O) groups excluding carboxylic acids is 2. The number of amides is 2. The van der Waals surface area contributed by atoms with E-state index in [4.69, 9.17) is 11.6 Å². The summed E-state index contributed by atoms with van der Waals surface area (Å²) >= 11 is 6.02. The van der Waals surface area contributed by atoms with Crippen molar-refractivity contribution in [2.75, 3.05) is 20.2 Å². The molecule has 150 valence electrons. The molecular formula is C20H25ClN4O3. The lowest BCUT2D eigenvalue weighted by molar-refractivity contribution is -0.140. The number of imidazole rings is 1. The van der Waals surface area contributed by atoms with Gasteiger partial charge in [-0.3, -0.25) is 4.79 Å². The largest absolute Gasteiger partial charge is 0.469 e. The quantitative estimate of drug-likeness (QED) is 0.546. The number of hydrogen-bond acceptors (Lipinski definition) is 4. The Bertz CT molecular complexity index is 806. The van der Waals surface area contributed by atoms with Gasteiger partial charge in [-0.05, 0) is 30.5 Å². The van der Waals surface area contributed by atoms with Crippen molar-refractivity contribution < 1.29 is 14.3 Å². The van der Waals surface area contributed by atoms with Gasteiger partial charge in [0.1, 0.15) is 6.04 Å². The van der Waals surface area contributed by atoms with Crippen LogP contribution in [0.4, 0.5) is 4.79 Å². The fraction of sp³-hybridized carbons (Fsp3) is 0.450. The molecule has 0 radical (unpaired) electrons. The molecule has 1 aliphatic rings. The number of nitrogens with zero attached hydrogens (tertiary/aromatic N) is 2. The fourth-order valence-corrected chi connectivity index (χ4v) is 3.57. The Morgan fingerprint density at radius 3 is 2.82 bits per heavy atom. The minimum Gasteiger partial charge on any atom is -0.469 e. The van der Waals surface area contributed by atoms with Crippen molar-refractivity contribution in [3.05, 3.63) is 52.6 Å². The van der Waals surface area contributed by atoms with Gasteiger partial charge in [-0.1, -0.05) is 30.2 Å². The Hall–Kier alpha value is -2.54. The summed E-state index contributed by atoms with van der Waals surface area (Å²) < 4.78 is 4.63. The highest BCUT2D eigenvalue weighted by molar-refractivity contribution is 6.30. The van der Waals surface area contributed by atoms with Crippen LogP contribution in [0.5, 0.6) is 0 Å². The first-order chi connectivity index (χ1) is 13.6. The Balaban J connectivity index is 1.60. The third-order valence-corrected chi connectivity index (χ3v) is 5.19. The maximum Gasteiger partial charge on any atom is 0.318 e. The van der Waals surface area contributed by atoms with E-state index in [1.54, 1.807) is 6.33 Å². The van der Waals surface area contributed by atoms with Crippen molar-refractivity contribution in [1.29, 1.82) is 0 Å². The van der Waals surface area contributed by atoms with Crippen molar-refractivity contribution in [2.24, 2.45) is 0 Å². The average molecular weight is 405 g/mol. The number of aromatic amines is 1. The highest BCUT2D eigenvalue weighted by Gasteiger charge is 2.33. The highest BCUT2D eigenvalue weighted by atomic mass is 35.5. The van der Waals surface area contributed by atoms with Crippen molar-refractivity contribution in [3.8, 4) is 0 Å². The summed E-state index contributed by atoms with van der Waals surface area (Å²) in [4.78, 5) is 33.4. The molecule has 1 aromatic heterocycles. The highest BCUT2D eigenvalue weighted by Crippen LogP contribution is 2.33. The zero-order chi connectivity index (χ0) is 19.9. The number of urea groups is 1. The smallest absolute Gasteiger partial charge is 0.318 e. The topological polar surface area (TPSA) is 87.3 Å². The monoisotopic (exact) mass is 404 g/mol. The minimum absolute atomic E-state index is 0.110. The number of halogens is 1. The summed E-state index contributed by atoms with van der Waals surface area (Å²) in [5.41, 5.74) is 2.92. The van der Waals surface area contributed by atoms with E-state index in [2.05, 4.69) is 20.0 Å². The van der Waals surface area contributed by atoms with Crippen molar-refractivity contribution in [1.82, 2.24) is 20.2 Å². The first kappa shape index (κ1) is 20.2. The van der Waals surface area contributed by atoms with Crippen LogP contribution in [0, 0.1) is 0 Å². The lowest BCUT2D eigenvalue weighted by atomic mass is 9.96. The SMILES string of the molecule is COC(=O)CCCCCNC(=O)N1CCc2[nH]cnc2[C@H]1c1ccc(Cl)cc1. The van der Waals surface area contributed by atoms with E-state index in [1.165, 1.54) is 7.11 Å². The standard InChI is InChI=1S/C20H25ClN4O3/c1-28-17(26)5-3-2-4-11-22-20(27)25-12-10-16-18(24-13-23-16)19(25)14-6-8-15(21)9-7-14/h6-9,13,19H,2-5,10-12H2,1H3,(H,22,27)(H,23,24)/t19-/m1/s1. The van der Waals surface area contributed by atoms with Crippen molar-refractivity contribution >= 4 is 23.6 Å². The molecule has 1 atom stereocenters. The van der Waals surface area contributed by atoms with E-state index in [0.29, 0.717) is 24.5 Å². The molecule has 0 aliphatic carbocycles. The second-order valence-electron chi connectivity index (χ2n) is 6.78. The second-order valence-corrected chi connectivity index (χ2v) is 7.22. The molecule has 0 saturated carbocycles. The summed E-state index contributed by atoms with van der Waals surface area (Å²) in [5, 5.41) is 3.65. The molecule has 2 aromatic rings. The van der Waals surface area contributed by atoms with Crippen LogP contribution in [0.2, 0.25) is 5.02 Å². The number of aromatic nitrogens is 2. The van der Waals surface area contributed by atoms with Crippen LogP contribution in [-0.2, 0) is 16.0 Å². The molecule has 28 heavy (non-hydrogen) atoms. The summed E-state index contributed by atoms with van der Waals surface area (Å²) in [6.45, 7) is 1.17. The number of rotatable bonds is 7. The molecule has 7 nitrogen and oxygen atoms in total. The number of unbranched alkanes of at least 4 members (excludes halogenated alkanes) is 2. The second kappa shape index (κ2) is 9.59. The predicted octanol–water partition coefficient (Wildman–Crippen LogP) is 3.45. The lowest BCUT2D eigenvalue weighted by Gasteiger charge is -2.35. The van der Waals surface area contributed by atoms with Crippen LogP contribution >= 0.6 is 11.6 Å². The van der Waals surface area contributed by atoms with Gasteiger partial charge in [0.05, 0.1) is 19.1 Å². The molecule has 1 aliphatic heterocycles. The molecule has 2 N–H and O–H groups in total. The van der Waals surface area contributed by atoms with E-state index < -0.39 is 0 Å². The van der Waals surface area contributed by atoms with Gasteiger partial charge in [-0.15, -0.1) is 0 Å². The van der Waals surface area contributed by atoms with E-state index >= 15 is 0 Å². The summed E-state index contributed by atoms with van der Waals surface area (Å²) in [7, 11) is 1.39. The van der Waals surface area contributed by atoms with E-state index in [9.17, 15) is 9.59 Å². The molecule has 2 heterocycles. The number of benzene rings is 1. The fourth-order valence-electron chi connectivity index (χ4n) is 3.45. The van der Waals surface area contributed by atoms with Gasteiger partial charge in [0.2, 0.25) is 0 Å². The molecule has 1 aromatic carbocycles. The Morgan fingerprint density at radius 2 is 2.07 bits per heavy atom. The number of nitrogens with one attached hydrogen (secondary N) is 2. The van der Waals surface area contributed by atoms with Crippen LogP contribution in [-0.4, -0.2) is 47.1 Å². The molecule has 3 rings (SSSR count). The molecule has 8 heteroatoms. The molecule has 0 bridgehead atoms. The maximum atomic E-state index is 12.8. The van der Waals surface area contributed by atoms with Gasteiger partial charge in [-0.25, -0.2) is 9.78 Å². The van der Waals surface area contributed by atoms with Crippen LogP contribution in [0.1, 0.15) is 48.7 Å². The number of H-pyrrole nitrogens is 1. The van der Waals surface area contributed by atoms with Gasteiger partial charge in [-0.2, -0.15) is 0 Å². The van der Waals surface area contributed by atoms with Crippen LogP contribution < -0.4 is 5.32 Å². The Labute approximate surface area is 169 Å². The lowest BCUT2D eigenvalue weighted by Crippen LogP contribution is -2.46. The Kier molecular flexibility index (Phi) is 6.92. The van der Waals surface area contributed by atoms with Gasteiger partial charge in [0.15, 0.2) is 0 Å². The van der Waals surface area contributed by atoms with Crippen LogP contribution in [0.3, 0.4) is 0 Å². The van der Waals surface area contributed by atoms with Gasteiger partial charge >= 0.3 is 12.0 Å². The van der Waals surface area contributed by atoms with Gasteiger partial charge in [0, 0.05) is 36.6 Å². The van der Waals surface area contributed by atoms with E-state index in [0.717, 1.165) is 42.6 Å². The number of fused-ring (bicyclic) bond motifs is 1. The average Bonchev–Trinajstić information content (AvgIpc) is 3.19. The normalized spacial score (nSPS) is 15.8. The predicted molar refractivity (Wildman–Crippen MR) is 106 cm³/mol.